The summed E-state index contributed by atoms with van der Waals surface area (Å²) in [5, 5.41) is 0. The molecule has 1 unspecified atom stereocenters. The van der Waals surface area contributed by atoms with Gasteiger partial charge in [-0.25, -0.2) is 4.39 Å². The topological polar surface area (TPSA) is 43.1 Å². The lowest BCUT2D eigenvalue weighted by molar-refractivity contribution is -0.107. The van der Waals surface area contributed by atoms with E-state index in [1.54, 1.807) is 24.3 Å². The number of benzene rings is 1. The second kappa shape index (κ2) is 6.76. The van der Waals surface area contributed by atoms with Crippen LogP contribution in [0.4, 0.5) is 4.39 Å². The van der Waals surface area contributed by atoms with Crippen LogP contribution < -0.4 is 5.73 Å². The fourth-order valence-electron chi connectivity index (χ4n) is 1.14. The van der Waals surface area contributed by atoms with E-state index in [4.69, 9.17) is 0 Å². The zero-order valence-electron chi connectivity index (χ0n) is 9.71. The minimum absolute atomic E-state index is 0.306. The highest BCUT2D eigenvalue weighted by molar-refractivity contribution is 9.09. The molecule has 0 amide bonds. The van der Waals surface area contributed by atoms with E-state index in [9.17, 15) is 9.18 Å². The van der Waals surface area contributed by atoms with E-state index in [-0.39, 0.29) is 4.83 Å². The van der Waals surface area contributed by atoms with Gasteiger partial charge in [-0.05, 0) is 32.0 Å². The number of carbonyl (C=O) groups excluding carboxylic acids is 1. The summed E-state index contributed by atoms with van der Waals surface area (Å²) in [6.45, 7) is 3.01. The average Bonchev–Trinajstić information content (AvgIpc) is 2.30. The molecule has 4 heteroatoms. The Labute approximate surface area is 104 Å². The fraction of sp³-hybridized carbons (Fsp3) is 0.417. The molecule has 90 valence electrons. The highest BCUT2D eigenvalue weighted by Crippen LogP contribution is 2.27. The first kappa shape index (κ1) is 15.3. The molecule has 0 radical (unpaired) electrons. The van der Waals surface area contributed by atoms with Crippen LogP contribution in [0.25, 0.3) is 0 Å². The Hall–Kier alpha value is -0.740. The van der Waals surface area contributed by atoms with Crippen LogP contribution in [-0.2, 0) is 10.5 Å². The van der Waals surface area contributed by atoms with Crippen molar-refractivity contribution in [1.29, 1.82) is 0 Å². The number of carbonyl (C=O) groups is 1. The van der Waals surface area contributed by atoms with Gasteiger partial charge in [-0.3, -0.25) is 0 Å². The third kappa shape index (κ3) is 4.41. The van der Waals surface area contributed by atoms with Crippen LogP contribution in [0.15, 0.2) is 24.3 Å². The summed E-state index contributed by atoms with van der Waals surface area (Å²) in [6.07, 6.45) is 0.801. The van der Waals surface area contributed by atoms with Gasteiger partial charge in [0.2, 0.25) is 0 Å². The highest BCUT2D eigenvalue weighted by atomic mass is 79.9. The van der Waals surface area contributed by atoms with Crippen LogP contribution in [0.5, 0.6) is 0 Å². The normalized spacial score (nSPS) is 12.4. The van der Waals surface area contributed by atoms with Gasteiger partial charge in [0, 0.05) is 0 Å². The summed E-state index contributed by atoms with van der Waals surface area (Å²) in [5.41, 5.74) is 4.63. The third-order valence-electron chi connectivity index (χ3n) is 2.04. The van der Waals surface area contributed by atoms with Crippen molar-refractivity contribution in [2.75, 3.05) is 7.05 Å². The molecule has 0 aliphatic carbocycles. The molecule has 16 heavy (non-hydrogen) atoms. The van der Waals surface area contributed by atoms with Crippen LogP contribution >= 0.6 is 15.9 Å². The number of rotatable bonds is 3. The van der Waals surface area contributed by atoms with Crippen molar-refractivity contribution < 1.29 is 9.18 Å². The number of nitrogens with two attached hydrogens (primary N) is 1. The van der Waals surface area contributed by atoms with Gasteiger partial charge in [-0.1, -0.05) is 40.2 Å². The molecule has 0 saturated carbocycles. The van der Waals surface area contributed by atoms with Crippen LogP contribution in [0, 0.1) is 0 Å². The number of alkyl halides is 2. The Kier molecular flexibility index (Phi) is 6.45. The zero-order chi connectivity index (χ0) is 12.8. The minimum atomic E-state index is -1.33. The van der Waals surface area contributed by atoms with E-state index < -0.39 is 5.67 Å². The summed E-state index contributed by atoms with van der Waals surface area (Å²) < 4.78 is 13.5. The molecular formula is C12H17BrFNO. The molecule has 0 aliphatic heterocycles. The van der Waals surface area contributed by atoms with E-state index >= 15 is 0 Å². The van der Waals surface area contributed by atoms with Crippen LogP contribution in [-0.4, -0.2) is 13.3 Å². The van der Waals surface area contributed by atoms with E-state index in [1.807, 2.05) is 0 Å². The second-order valence-corrected chi connectivity index (χ2v) is 4.62. The van der Waals surface area contributed by atoms with E-state index in [2.05, 4.69) is 21.7 Å². The Morgan fingerprint density at radius 2 is 1.75 bits per heavy atom. The van der Waals surface area contributed by atoms with Gasteiger partial charge in [-0.2, -0.15) is 0 Å². The van der Waals surface area contributed by atoms with Crippen molar-refractivity contribution >= 4 is 22.2 Å². The van der Waals surface area contributed by atoms with Gasteiger partial charge in [0.05, 0.1) is 4.83 Å². The predicted octanol–water partition coefficient (Wildman–Crippen LogP) is 3.10. The summed E-state index contributed by atoms with van der Waals surface area (Å²) in [5.74, 6) is 0. The summed E-state index contributed by atoms with van der Waals surface area (Å²) in [7, 11) is 1.50. The van der Waals surface area contributed by atoms with Gasteiger partial charge in [0.25, 0.3) is 0 Å². The maximum atomic E-state index is 13.5. The lowest BCUT2D eigenvalue weighted by Crippen LogP contribution is -2.08. The number of hydrogen-bond acceptors (Lipinski definition) is 2. The molecule has 1 aromatic carbocycles. The largest absolute Gasteiger partial charge is 0.333 e. The van der Waals surface area contributed by atoms with E-state index in [0.29, 0.717) is 5.56 Å². The molecule has 0 bridgehead atoms. The average molecular weight is 290 g/mol. The van der Waals surface area contributed by atoms with Gasteiger partial charge >= 0.3 is 0 Å². The molecule has 2 N–H and O–H groups in total. The predicted molar refractivity (Wildman–Crippen MR) is 68.4 cm³/mol. The van der Waals surface area contributed by atoms with Crippen LogP contribution in [0.2, 0.25) is 0 Å². The standard InChI is InChI=1S/C11H12BrFO.CH5N/c1-11(2,13)9-5-3-8(4-6-9)10(12)7-14;1-2/h3-7,10H,1-2H3;2H2,1H3. The molecule has 1 aromatic rings. The highest BCUT2D eigenvalue weighted by Gasteiger charge is 2.18. The third-order valence-corrected chi connectivity index (χ3v) is 2.78. The minimum Gasteiger partial charge on any atom is -0.333 e. The SMILES string of the molecule is CC(C)(F)c1ccc(C(Br)C=O)cc1.CN. The fourth-order valence-corrected chi connectivity index (χ4v) is 1.45. The van der Waals surface area contributed by atoms with Gasteiger partial charge in [0.15, 0.2) is 0 Å². The van der Waals surface area contributed by atoms with Crippen LogP contribution in [0.1, 0.15) is 29.8 Å². The maximum Gasteiger partial charge on any atom is 0.138 e. The summed E-state index contributed by atoms with van der Waals surface area (Å²) in [6, 6.07) is 6.91. The molecule has 0 spiro atoms. The van der Waals surface area contributed by atoms with Crippen molar-refractivity contribution in [3.05, 3.63) is 35.4 Å². The van der Waals surface area contributed by atoms with Gasteiger partial charge in [-0.15, -0.1) is 0 Å². The Balaban J connectivity index is 0.00000106. The van der Waals surface area contributed by atoms with E-state index in [1.165, 1.54) is 20.9 Å². The Bertz CT molecular complexity index is 319. The molecule has 2 nitrogen and oxygen atoms in total. The van der Waals surface area contributed by atoms with E-state index in [0.717, 1.165) is 11.8 Å². The van der Waals surface area contributed by atoms with Crippen molar-refractivity contribution in [3.8, 4) is 0 Å². The Morgan fingerprint density at radius 3 is 2.06 bits per heavy atom. The molecule has 1 rings (SSSR count). The van der Waals surface area contributed by atoms with Crippen molar-refractivity contribution in [3.63, 3.8) is 0 Å². The molecule has 0 fully saturated rings. The Morgan fingerprint density at radius 1 is 1.31 bits per heavy atom. The second-order valence-electron chi connectivity index (χ2n) is 3.63. The smallest absolute Gasteiger partial charge is 0.138 e. The summed E-state index contributed by atoms with van der Waals surface area (Å²) >= 11 is 3.20. The first-order valence-electron chi connectivity index (χ1n) is 4.91. The zero-order valence-corrected chi connectivity index (χ0v) is 11.3. The first-order valence-corrected chi connectivity index (χ1v) is 5.83. The molecule has 1 atom stereocenters. The van der Waals surface area contributed by atoms with Crippen LogP contribution in [0.3, 0.4) is 0 Å². The van der Waals surface area contributed by atoms with Gasteiger partial charge in [0.1, 0.15) is 12.0 Å². The lowest BCUT2D eigenvalue weighted by Gasteiger charge is -2.15. The molecule has 0 aliphatic rings. The quantitative estimate of drug-likeness (QED) is 0.686. The van der Waals surface area contributed by atoms with Crippen molar-refractivity contribution in [2.24, 2.45) is 5.73 Å². The molecule has 0 heterocycles. The lowest BCUT2D eigenvalue weighted by atomic mass is 9.98. The number of halogens is 2. The van der Waals surface area contributed by atoms with Crippen molar-refractivity contribution in [1.82, 2.24) is 0 Å². The first-order chi connectivity index (χ1) is 7.45. The molecule has 0 aromatic heterocycles. The monoisotopic (exact) mass is 289 g/mol. The summed E-state index contributed by atoms with van der Waals surface area (Å²) in [4.78, 5) is 10.2. The molecule has 0 saturated heterocycles. The number of hydrogen-bond donors (Lipinski definition) is 1. The maximum absolute atomic E-state index is 13.5. The van der Waals surface area contributed by atoms with Gasteiger partial charge < -0.3 is 10.5 Å². The van der Waals surface area contributed by atoms with Crippen molar-refractivity contribution in [2.45, 2.75) is 24.3 Å². The molecular weight excluding hydrogens is 273 g/mol. The number of aldehydes is 1.